The second kappa shape index (κ2) is 12.4. The number of esters is 1. The molecule has 1 rings (SSSR count). The summed E-state index contributed by atoms with van der Waals surface area (Å²) in [5.74, 6) is -1.83. The van der Waals surface area contributed by atoms with Gasteiger partial charge < -0.3 is 25.0 Å². The van der Waals surface area contributed by atoms with Crippen molar-refractivity contribution in [2.24, 2.45) is 5.92 Å². The molecule has 2 unspecified atom stereocenters. The molecule has 0 aromatic heterocycles. The van der Waals surface area contributed by atoms with Crippen LogP contribution in [0.1, 0.15) is 64.3 Å². The summed E-state index contributed by atoms with van der Waals surface area (Å²) < 4.78 is 9.95. The predicted molar refractivity (Wildman–Crippen MR) is 129 cm³/mol. The Morgan fingerprint density at radius 3 is 2.03 bits per heavy atom. The number of likely N-dealkylation sites (N-methyl/N-ethyl adjacent to an activating group) is 1. The highest BCUT2D eigenvalue weighted by Gasteiger charge is 2.37. The van der Waals surface area contributed by atoms with Gasteiger partial charge >= 0.3 is 12.1 Å². The number of amides is 3. The molecular weight excluding hydrogens is 438 g/mol. The van der Waals surface area contributed by atoms with Gasteiger partial charge in [0.05, 0.1) is 7.11 Å². The van der Waals surface area contributed by atoms with Crippen LogP contribution in [0.2, 0.25) is 0 Å². The summed E-state index contributed by atoms with van der Waals surface area (Å²) in [4.78, 5) is 52.4. The summed E-state index contributed by atoms with van der Waals surface area (Å²) in [6, 6.07) is 3.69. The molecule has 0 spiro atoms. The maximum Gasteiger partial charge on any atom is 0.408 e. The summed E-state index contributed by atoms with van der Waals surface area (Å²) in [5.41, 5.74) is 1.73. The molecule has 0 aliphatic heterocycles. The van der Waals surface area contributed by atoms with Gasteiger partial charge in [-0.15, -0.1) is 0 Å². The number of hydrogen-bond donors (Lipinski definition) is 2. The third kappa shape index (κ3) is 8.68. The van der Waals surface area contributed by atoms with Crippen molar-refractivity contribution in [2.75, 3.05) is 20.2 Å². The number of nitrogens with zero attached hydrogens (tertiary/aromatic N) is 1. The zero-order valence-electron chi connectivity index (χ0n) is 21.8. The maximum absolute atomic E-state index is 13.7. The fraction of sp³-hybridized carbons (Fsp3) is 0.600. The van der Waals surface area contributed by atoms with Crippen molar-refractivity contribution >= 4 is 23.9 Å². The zero-order valence-corrected chi connectivity index (χ0v) is 21.8. The van der Waals surface area contributed by atoms with Crippen molar-refractivity contribution in [3.05, 3.63) is 34.9 Å². The van der Waals surface area contributed by atoms with Gasteiger partial charge in [-0.25, -0.2) is 4.79 Å². The van der Waals surface area contributed by atoms with E-state index in [1.54, 1.807) is 41.5 Å². The van der Waals surface area contributed by atoms with Gasteiger partial charge in [0.1, 0.15) is 24.2 Å². The van der Waals surface area contributed by atoms with Gasteiger partial charge in [-0.1, -0.05) is 43.2 Å². The molecule has 9 nitrogen and oxygen atoms in total. The lowest BCUT2D eigenvalue weighted by atomic mass is 9.96. The van der Waals surface area contributed by atoms with E-state index in [-0.39, 0.29) is 19.0 Å². The molecule has 34 heavy (non-hydrogen) atoms. The average Bonchev–Trinajstić information content (AvgIpc) is 2.70. The molecule has 0 saturated heterocycles. The van der Waals surface area contributed by atoms with Crippen LogP contribution < -0.4 is 10.6 Å². The van der Waals surface area contributed by atoms with Gasteiger partial charge in [0.2, 0.25) is 11.8 Å². The van der Waals surface area contributed by atoms with E-state index in [0.717, 1.165) is 11.1 Å². The van der Waals surface area contributed by atoms with E-state index in [1.807, 2.05) is 32.0 Å². The molecule has 1 aromatic rings. The Kier molecular flexibility index (Phi) is 10.5. The molecule has 0 heterocycles. The average molecular weight is 478 g/mol. The third-order valence-corrected chi connectivity index (χ3v) is 4.98. The van der Waals surface area contributed by atoms with E-state index < -0.39 is 41.6 Å². The standard InChI is InChI=1S/C25H39N3O6/c1-10-28(23(31)20(15(2)3)27-24(32)34-25(6,7)8)21(22(30)26-14-19(29)33-9)18-12-16(4)11-17(5)13-18/h11-13,15,20-21H,10,14H2,1-9H3,(H,26,30)(H,27,32). The van der Waals surface area contributed by atoms with Crippen LogP contribution in [-0.4, -0.2) is 60.6 Å². The Bertz CT molecular complexity index is 871. The minimum atomic E-state index is -1.01. The topological polar surface area (TPSA) is 114 Å². The summed E-state index contributed by atoms with van der Waals surface area (Å²) in [5, 5.41) is 5.22. The number of benzene rings is 1. The van der Waals surface area contributed by atoms with Crippen LogP contribution in [0.4, 0.5) is 4.79 Å². The number of aryl methyl sites for hydroxylation is 2. The molecule has 0 aliphatic carbocycles. The predicted octanol–water partition coefficient (Wildman–Crippen LogP) is 3.03. The largest absolute Gasteiger partial charge is 0.468 e. The zero-order chi connectivity index (χ0) is 26.2. The van der Waals surface area contributed by atoms with Gasteiger partial charge in [0, 0.05) is 6.54 Å². The first-order chi connectivity index (χ1) is 15.7. The van der Waals surface area contributed by atoms with Crippen molar-refractivity contribution in [3.8, 4) is 0 Å². The second-order valence-corrected chi connectivity index (χ2v) is 9.61. The fourth-order valence-electron chi connectivity index (χ4n) is 3.56. The van der Waals surface area contributed by atoms with Crippen molar-refractivity contribution < 1.29 is 28.7 Å². The van der Waals surface area contributed by atoms with Crippen molar-refractivity contribution in [2.45, 2.75) is 73.1 Å². The maximum atomic E-state index is 13.7. The van der Waals surface area contributed by atoms with Crippen LogP contribution >= 0.6 is 0 Å². The lowest BCUT2D eigenvalue weighted by Gasteiger charge is -2.35. The Labute approximate surface area is 202 Å². The summed E-state index contributed by atoms with van der Waals surface area (Å²) >= 11 is 0. The molecule has 0 saturated carbocycles. The quantitative estimate of drug-likeness (QED) is 0.529. The second-order valence-electron chi connectivity index (χ2n) is 9.61. The molecule has 3 amide bonds. The van der Waals surface area contributed by atoms with E-state index in [2.05, 4.69) is 15.4 Å². The molecule has 0 aliphatic rings. The van der Waals surface area contributed by atoms with Crippen LogP contribution in [-0.2, 0) is 23.9 Å². The fourth-order valence-corrected chi connectivity index (χ4v) is 3.56. The van der Waals surface area contributed by atoms with Gasteiger partial charge in [0.25, 0.3) is 0 Å². The molecule has 2 atom stereocenters. The molecule has 2 N–H and O–H groups in total. The number of hydrogen-bond acceptors (Lipinski definition) is 6. The van der Waals surface area contributed by atoms with Gasteiger partial charge in [-0.05, 0) is 53.0 Å². The highest BCUT2D eigenvalue weighted by molar-refractivity contribution is 5.93. The van der Waals surface area contributed by atoms with Crippen LogP contribution in [0.25, 0.3) is 0 Å². The molecule has 0 bridgehead atoms. The van der Waals surface area contributed by atoms with E-state index in [4.69, 9.17) is 4.74 Å². The van der Waals surface area contributed by atoms with Crippen LogP contribution in [0.3, 0.4) is 0 Å². The highest BCUT2D eigenvalue weighted by Crippen LogP contribution is 2.25. The Morgan fingerprint density at radius 2 is 1.59 bits per heavy atom. The van der Waals surface area contributed by atoms with Gasteiger partial charge in [-0.3, -0.25) is 14.4 Å². The number of rotatable bonds is 9. The number of ether oxygens (including phenoxy) is 2. The number of carbonyl (C=O) groups is 4. The van der Waals surface area contributed by atoms with E-state index >= 15 is 0 Å². The monoisotopic (exact) mass is 477 g/mol. The minimum absolute atomic E-state index is 0.196. The van der Waals surface area contributed by atoms with Crippen LogP contribution in [0.5, 0.6) is 0 Å². The molecule has 9 heteroatoms. The molecular formula is C25H39N3O6. The normalized spacial score (nSPS) is 13.0. The Hall–Kier alpha value is -3.10. The van der Waals surface area contributed by atoms with Crippen molar-refractivity contribution in [1.82, 2.24) is 15.5 Å². The lowest BCUT2D eigenvalue weighted by molar-refractivity contribution is -0.145. The van der Waals surface area contributed by atoms with E-state index in [0.29, 0.717) is 5.56 Å². The molecule has 1 aromatic carbocycles. The van der Waals surface area contributed by atoms with E-state index in [9.17, 15) is 19.2 Å². The van der Waals surface area contributed by atoms with Crippen molar-refractivity contribution in [1.29, 1.82) is 0 Å². The Balaban J connectivity index is 3.38. The molecule has 0 fully saturated rings. The number of nitrogens with one attached hydrogen (secondary N) is 2. The smallest absolute Gasteiger partial charge is 0.408 e. The first-order valence-electron chi connectivity index (χ1n) is 11.4. The SMILES string of the molecule is CCN(C(=O)C(NC(=O)OC(C)(C)C)C(C)C)C(C(=O)NCC(=O)OC)c1cc(C)cc(C)c1. The van der Waals surface area contributed by atoms with Crippen LogP contribution in [0, 0.1) is 19.8 Å². The van der Waals surface area contributed by atoms with Gasteiger partial charge in [0.15, 0.2) is 0 Å². The Morgan fingerprint density at radius 1 is 1.03 bits per heavy atom. The molecule has 190 valence electrons. The third-order valence-electron chi connectivity index (χ3n) is 4.98. The number of carbonyl (C=O) groups excluding carboxylic acids is 4. The van der Waals surface area contributed by atoms with Gasteiger partial charge in [-0.2, -0.15) is 0 Å². The summed E-state index contributed by atoms with van der Waals surface area (Å²) in [7, 11) is 1.23. The minimum Gasteiger partial charge on any atom is -0.468 e. The first-order valence-corrected chi connectivity index (χ1v) is 11.4. The highest BCUT2D eigenvalue weighted by atomic mass is 16.6. The number of methoxy groups -OCH3 is 1. The molecule has 0 radical (unpaired) electrons. The lowest BCUT2D eigenvalue weighted by Crippen LogP contribution is -2.55. The van der Waals surface area contributed by atoms with E-state index in [1.165, 1.54) is 12.0 Å². The van der Waals surface area contributed by atoms with Crippen molar-refractivity contribution in [3.63, 3.8) is 0 Å². The summed E-state index contributed by atoms with van der Waals surface area (Å²) in [6.45, 7) is 14.2. The van der Waals surface area contributed by atoms with Crippen LogP contribution in [0.15, 0.2) is 18.2 Å². The first kappa shape index (κ1) is 28.9. The number of alkyl carbamates (subject to hydrolysis) is 1. The summed E-state index contributed by atoms with van der Waals surface area (Å²) in [6.07, 6.45) is -0.714.